The average Bonchev–Trinajstić information content (AvgIpc) is 3.13. The fourth-order valence-electron chi connectivity index (χ4n) is 3.13. The molecule has 6 heteroatoms. The molecule has 2 atom stereocenters. The Balaban J connectivity index is 2.00. The normalized spacial score (nSPS) is 30.9. The molecular weight excluding hydrogens is 286 g/mol. The number of rotatable bonds is 3. The molecule has 3 rings (SSSR count). The van der Waals surface area contributed by atoms with E-state index in [9.17, 15) is 13.5 Å². The van der Waals surface area contributed by atoms with Gasteiger partial charge >= 0.3 is 0 Å². The molecule has 1 aliphatic carbocycles. The predicted molar refractivity (Wildman–Crippen MR) is 72.5 cm³/mol. The zero-order valence-electron chi connectivity index (χ0n) is 10.4. The van der Waals surface area contributed by atoms with Crippen LogP contribution in [0.25, 0.3) is 0 Å². The number of piperidine rings is 1. The van der Waals surface area contributed by atoms with E-state index >= 15 is 0 Å². The van der Waals surface area contributed by atoms with Crippen LogP contribution in [-0.4, -0.2) is 36.5 Å². The van der Waals surface area contributed by atoms with Crippen LogP contribution in [0.4, 0.5) is 0 Å². The van der Waals surface area contributed by atoms with Gasteiger partial charge in [-0.05, 0) is 43.4 Å². The van der Waals surface area contributed by atoms with Gasteiger partial charge in [0.2, 0.25) is 10.0 Å². The molecule has 0 bridgehead atoms. The largest absolute Gasteiger partial charge is 0.394 e. The Morgan fingerprint density at radius 3 is 2.95 bits per heavy atom. The molecule has 1 N–H and O–H groups in total. The molecule has 19 heavy (non-hydrogen) atoms. The van der Waals surface area contributed by atoms with E-state index in [1.54, 1.807) is 18.2 Å². The lowest BCUT2D eigenvalue weighted by atomic mass is 10.1. The van der Waals surface area contributed by atoms with Crippen molar-refractivity contribution >= 4 is 21.6 Å². The second-order valence-electron chi connectivity index (χ2n) is 5.34. The van der Waals surface area contributed by atoms with Crippen molar-refractivity contribution < 1.29 is 13.5 Å². The van der Waals surface area contributed by atoms with Crippen LogP contribution in [0.3, 0.4) is 0 Å². The van der Waals surface area contributed by atoms with E-state index in [1.165, 1.54) is 10.4 Å². The Kier molecular flexibility index (Phi) is 3.13. The molecule has 1 aromatic rings. The van der Waals surface area contributed by atoms with Crippen molar-refractivity contribution in [3.8, 4) is 0 Å². The number of halogens is 1. The van der Waals surface area contributed by atoms with Crippen LogP contribution in [0, 0.1) is 5.92 Å². The Labute approximate surface area is 118 Å². The van der Waals surface area contributed by atoms with Gasteiger partial charge in [-0.1, -0.05) is 17.7 Å². The lowest BCUT2D eigenvalue weighted by molar-refractivity contribution is 0.137. The minimum absolute atomic E-state index is 0.0997. The zero-order chi connectivity index (χ0) is 13.7. The van der Waals surface area contributed by atoms with Crippen molar-refractivity contribution in [1.29, 1.82) is 0 Å². The summed E-state index contributed by atoms with van der Waals surface area (Å²) in [5.41, 5.74) is -0.556. The Bertz CT molecular complexity index is 604. The molecule has 1 saturated carbocycles. The number of hydrogen-bond acceptors (Lipinski definition) is 3. The van der Waals surface area contributed by atoms with Gasteiger partial charge in [-0.3, -0.25) is 0 Å². The van der Waals surface area contributed by atoms with Crippen LogP contribution in [0.1, 0.15) is 19.3 Å². The molecule has 0 unspecified atom stereocenters. The second kappa shape index (κ2) is 4.45. The lowest BCUT2D eigenvalue weighted by Gasteiger charge is -2.34. The monoisotopic (exact) mass is 301 g/mol. The van der Waals surface area contributed by atoms with E-state index in [0.29, 0.717) is 17.5 Å². The summed E-state index contributed by atoms with van der Waals surface area (Å²) in [4.78, 5) is 0.209. The molecule has 4 nitrogen and oxygen atoms in total. The molecule has 1 saturated heterocycles. The van der Waals surface area contributed by atoms with E-state index < -0.39 is 15.6 Å². The summed E-state index contributed by atoms with van der Waals surface area (Å²) < 4.78 is 26.9. The molecular formula is C13H16ClNO3S. The van der Waals surface area contributed by atoms with Crippen LogP contribution < -0.4 is 0 Å². The van der Waals surface area contributed by atoms with Crippen LogP contribution in [-0.2, 0) is 10.0 Å². The van der Waals surface area contributed by atoms with Crippen LogP contribution in [0.2, 0.25) is 5.02 Å². The molecule has 0 aromatic heterocycles. The maximum absolute atomic E-state index is 12.7. The molecule has 0 amide bonds. The summed E-state index contributed by atoms with van der Waals surface area (Å²) in [6, 6.07) is 6.31. The lowest BCUT2D eigenvalue weighted by Crippen LogP contribution is -2.48. The summed E-state index contributed by atoms with van der Waals surface area (Å²) in [7, 11) is -3.57. The van der Waals surface area contributed by atoms with E-state index in [-0.39, 0.29) is 11.5 Å². The van der Waals surface area contributed by atoms with Crippen LogP contribution in [0.15, 0.2) is 29.2 Å². The van der Waals surface area contributed by atoms with E-state index in [2.05, 4.69) is 0 Å². The molecule has 1 heterocycles. The maximum Gasteiger partial charge on any atom is 0.243 e. The van der Waals surface area contributed by atoms with E-state index in [0.717, 1.165) is 19.3 Å². The number of sulfonamides is 1. The fourth-order valence-corrected chi connectivity index (χ4v) is 5.30. The van der Waals surface area contributed by atoms with Crippen molar-refractivity contribution in [3.63, 3.8) is 0 Å². The number of fused-ring (bicyclic) bond motifs is 1. The van der Waals surface area contributed by atoms with E-state index in [4.69, 9.17) is 11.6 Å². The van der Waals surface area contributed by atoms with Gasteiger partial charge in [0.1, 0.15) is 0 Å². The molecule has 2 fully saturated rings. The highest BCUT2D eigenvalue weighted by atomic mass is 35.5. The fraction of sp³-hybridized carbons (Fsp3) is 0.538. The quantitative estimate of drug-likeness (QED) is 0.927. The third-order valence-electron chi connectivity index (χ3n) is 4.27. The third-order valence-corrected chi connectivity index (χ3v) is 6.48. The molecule has 104 valence electrons. The van der Waals surface area contributed by atoms with Gasteiger partial charge in [0, 0.05) is 11.6 Å². The highest BCUT2D eigenvalue weighted by molar-refractivity contribution is 7.89. The summed E-state index contributed by atoms with van der Waals surface area (Å²) in [6.45, 7) is 0.378. The zero-order valence-corrected chi connectivity index (χ0v) is 12.0. The minimum Gasteiger partial charge on any atom is -0.394 e. The first-order chi connectivity index (χ1) is 9.00. The number of aliphatic hydroxyl groups excluding tert-OH is 1. The highest BCUT2D eigenvalue weighted by Crippen LogP contribution is 2.55. The van der Waals surface area contributed by atoms with Gasteiger partial charge in [-0.2, -0.15) is 4.31 Å². The van der Waals surface area contributed by atoms with Crippen molar-refractivity contribution in [3.05, 3.63) is 29.3 Å². The van der Waals surface area contributed by atoms with Crippen molar-refractivity contribution in [2.24, 2.45) is 5.92 Å². The maximum atomic E-state index is 12.7. The van der Waals surface area contributed by atoms with Gasteiger partial charge in [-0.25, -0.2) is 8.42 Å². The molecule has 2 aliphatic rings. The number of aliphatic hydroxyl groups is 1. The topological polar surface area (TPSA) is 57.6 Å². The minimum atomic E-state index is -3.57. The van der Waals surface area contributed by atoms with Gasteiger partial charge in [0.15, 0.2) is 0 Å². The standard InChI is InChI=1S/C13H16ClNO3S/c14-11-4-1-5-12(7-11)19(17,18)15-6-2-3-10-8-13(10,15)9-16/h1,4-5,7,10,16H,2-3,6,8-9H2/t10-,13-/m1/s1. The van der Waals surface area contributed by atoms with Crippen molar-refractivity contribution in [2.45, 2.75) is 29.7 Å². The first-order valence-electron chi connectivity index (χ1n) is 6.40. The summed E-state index contributed by atoms with van der Waals surface area (Å²) in [5, 5.41) is 10.0. The number of hydrogen-bond donors (Lipinski definition) is 1. The molecule has 0 radical (unpaired) electrons. The molecule has 0 spiro atoms. The van der Waals surface area contributed by atoms with Crippen molar-refractivity contribution in [1.82, 2.24) is 4.31 Å². The highest BCUT2D eigenvalue weighted by Gasteiger charge is 2.62. The van der Waals surface area contributed by atoms with E-state index in [1.807, 2.05) is 0 Å². The molecule has 1 aromatic carbocycles. The number of nitrogens with zero attached hydrogens (tertiary/aromatic N) is 1. The van der Waals surface area contributed by atoms with Crippen molar-refractivity contribution in [2.75, 3.05) is 13.2 Å². The Morgan fingerprint density at radius 2 is 2.26 bits per heavy atom. The first kappa shape index (κ1) is 13.4. The van der Waals surface area contributed by atoms with Gasteiger partial charge in [-0.15, -0.1) is 0 Å². The third kappa shape index (κ3) is 2.00. The Morgan fingerprint density at radius 1 is 1.47 bits per heavy atom. The van der Waals surface area contributed by atoms with Gasteiger partial charge < -0.3 is 5.11 Å². The smallest absolute Gasteiger partial charge is 0.243 e. The second-order valence-corrected chi connectivity index (χ2v) is 7.64. The number of benzene rings is 1. The van der Waals surface area contributed by atoms with Crippen LogP contribution >= 0.6 is 11.6 Å². The SMILES string of the molecule is O=S(=O)(c1cccc(Cl)c1)N1CCC[C@@H]2C[C@@]21CO. The van der Waals surface area contributed by atoms with Gasteiger partial charge in [0.05, 0.1) is 17.0 Å². The Hall–Kier alpha value is -0.620. The first-order valence-corrected chi connectivity index (χ1v) is 8.22. The average molecular weight is 302 g/mol. The summed E-state index contributed by atoms with van der Waals surface area (Å²) in [5.74, 6) is 0.306. The predicted octanol–water partition coefficient (Wildman–Crippen LogP) is 1.88. The summed E-state index contributed by atoms with van der Waals surface area (Å²) in [6.07, 6.45) is 2.62. The van der Waals surface area contributed by atoms with Crippen LogP contribution in [0.5, 0.6) is 0 Å². The summed E-state index contributed by atoms with van der Waals surface area (Å²) >= 11 is 5.87. The molecule has 1 aliphatic heterocycles. The van der Waals surface area contributed by atoms with Gasteiger partial charge in [0.25, 0.3) is 0 Å².